The van der Waals surface area contributed by atoms with Gasteiger partial charge in [0.25, 0.3) is 0 Å². The largest absolute Gasteiger partial charge is 0.385 e. The highest BCUT2D eigenvalue weighted by Gasteiger charge is 2.13. The fourth-order valence-corrected chi connectivity index (χ4v) is 1.95. The Balaban J connectivity index is 0.00000400. The zero-order chi connectivity index (χ0) is 14.8. The Bertz CT molecular complexity index is 400. The van der Waals surface area contributed by atoms with Crippen LogP contribution < -0.4 is 10.6 Å². The molecule has 0 bridgehead atoms. The first kappa shape index (κ1) is 20.2. The van der Waals surface area contributed by atoms with Gasteiger partial charge in [-0.15, -0.1) is 24.0 Å². The van der Waals surface area contributed by atoms with E-state index in [1.165, 1.54) is 0 Å². The third-order valence-corrected chi connectivity index (χ3v) is 3.08. The Hall–Kier alpha value is -0.830. The van der Waals surface area contributed by atoms with E-state index in [0.29, 0.717) is 6.54 Å². The zero-order valence-corrected chi connectivity index (χ0v) is 15.7. The summed E-state index contributed by atoms with van der Waals surface area (Å²) >= 11 is 0. The van der Waals surface area contributed by atoms with Crippen LogP contribution in [-0.4, -0.2) is 38.4 Å². The van der Waals surface area contributed by atoms with Gasteiger partial charge < -0.3 is 19.9 Å². The number of halogens is 1. The molecule has 1 aromatic heterocycles. The summed E-state index contributed by atoms with van der Waals surface area (Å²) in [7, 11) is 3.47. The van der Waals surface area contributed by atoms with Crippen molar-refractivity contribution in [2.75, 3.05) is 27.3 Å². The van der Waals surface area contributed by atoms with E-state index >= 15 is 0 Å². The minimum Gasteiger partial charge on any atom is -0.385 e. The number of hydrogen-bond acceptors (Lipinski definition) is 4. The van der Waals surface area contributed by atoms with Crippen LogP contribution in [0.5, 0.6) is 0 Å². The van der Waals surface area contributed by atoms with Gasteiger partial charge in [-0.25, -0.2) is 0 Å². The lowest BCUT2D eigenvalue weighted by Gasteiger charge is -2.11. The molecule has 1 rings (SSSR count). The number of nitrogens with one attached hydrogen (secondary N) is 2. The van der Waals surface area contributed by atoms with Gasteiger partial charge in [0.05, 0.1) is 5.69 Å². The highest BCUT2D eigenvalue weighted by atomic mass is 127. The molecule has 0 aliphatic heterocycles. The van der Waals surface area contributed by atoms with Gasteiger partial charge in [-0.1, -0.05) is 19.0 Å². The maximum Gasteiger partial charge on any atom is 0.191 e. The molecule has 1 aromatic rings. The molecule has 1 heterocycles. The molecule has 21 heavy (non-hydrogen) atoms. The SMILES string of the molecule is CCc1noc(CC)c1CNC(=NC)NCCCOC.I. The number of ether oxygens (including phenoxy) is 1. The minimum absolute atomic E-state index is 0. The molecule has 0 atom stereocenters. The lowest BCUT2D eigenvalue weighted by atomic mass is 10.1. The van der Waals surface area contributed by atoms with Crippen LogP contribution in [0, 0.1) is 0 Å². The number of aromatic nitrogens is 1. The summed E-state index contributed by atoms with van der Waals surface area (Å²) in [6, 6.07) is 0. The van der Waals surface area contributed by atoms with Gasteiger partial charge in [-0.05, 0) is 12.8 Å². The second-order valence-electron chi connectivity index (χ2n) is 4.44. The summed E-state index contributed by atoms with van der Waals surface area (Å²) in [5, 5.41) is 10.6. The first-order valence-corrected chi connectivity index (χ1v) is 7.16. The van der Waals surface area contributed by atoms with E-state index in [2.05, 4.69) is 34.6 Å². The van der Waals surface area contributed by atoms with Gasteiger partial charge in [-0.3, -0.25) is 4.99 Å². The molecule has 0 aliphatic carbocycles. The van der Waals surface area contributed by atoms with E-state index < -0.39 is 0 Å². The summed E-state index contributed by atoms with van der Waals surface area (Å²) in [4.78, 5) is 4.20. The van der Waals surface area contributed by atoms with Gasteiger partial charge in [-0.2, -0.15) is 0 Å². The van der Waals surface area contributed by atoms with Crippen LogP contribution in [0.2, 0.25) is 0 Å². The van der Waals surface area contributed by atoms with Gasteiger partial charge in [0.2, 0.25) is 0 Å². The van der Waals surface area contributed by atoms with E-state index in [4.69, 9.17) is 9.26 Å². The Kier molecular flexibility index (Phi) is 11.3. The van der Waals surface area contributed by atoms with Crippen LogP contribution in [0.4, 0.5) is 0 Å². The summed E-state index contributed by atoms with van der Waals surface area (Å²) in [5.74, 6) is 1.73. The quantitative estimate of drug-likeness (QED) is 0.297. The predicted octanol–water partition coefficient (Wildman–Crippen LogP) is 2.12. The van der Waals surface area contributed by atoms with E-state index in [-0.39, 0.29) is 24.0 Å². The summed E-state index contributed by atoms with van der Waals surface area (Å²) < 4.78 is 10.4. The maximum absolute atomic E-state index is 5.35. The number of methoxy groups -OCH3 is 1. The highest BCUT2D eigenvalue weighted by Crippen LogP contribution is 2.15. The van der Waals surface area contributed by atoms with Crippen molar-refractivity contribution in [1.82, 2.24) is 15.8 Å². The number of rotatable bonds is 8. The van der Waals surface area contributed by atoms with E-state index in [9.17, 15) is 0 Å². The molecule has 0 unspecified atom stereocenters. The molecule has 0 spiro atoms. The average Bonchev–Trinajstić information content (AvgIpc) is 2.88. The van der Waals surface area contributed by atoms with Crippen molar-refractivity contribution in [3.8, 4) is 0 Å². The number of guanidine groups is 1. The standard InChI is InChI=1S/C14H26N4O2.HI/c1-5-12-11(13(6-2)20-18-12)10-17-14(15-3)16-8-7-9-19-4;/h5-10H2,1-4H3,(H2,15,16,17);1H. The Morgan fingerprint density at radius 1 is 1.29 bits per heavy atom. The number of hydrogen-bond donors (Lipinski definition) is 2. The fraction of sp³-hybridized carbons (Fsp3) is 0.714. The van der Waals surface area contributed by atoms with Crippen molar-refractivity contribution in [3.05, 3.63) is 17.0 Å². The molecular formula is C14H27IN4O2. The smallest absolute Gasteiger partial charge is 0.191 e. The molecule has 0 aliphatic rings. The second kappa shape index (κ2) is 11.8. The maximum atomic E-state index is 5.35. The average molecular weight is 410 g/mol. The molecule has 2 N–H and O–H groups in total. The molecule has 6 nitrogen and oxygen atoms in total. The third kappa shape index (κ3) is 6.64. The lowest BCUT2D eigenvalue weighted by molar-refractivity contribution is 0.195. The van der Waals surface area contributed by atoms with Crippen molar-refractivity contribution < 1.29 is 9.26 Å². The molecule has 7 heteroatoms. The lowest BCUT2D eigenvalue weighted by Crippen LogP contribution is -2.37. The van der Waals surface area contributed by atoms with Crippen molar-refractivity contribution in [2.24, 2.45) is 4.99 Å². The molecule has 0 amide bonds. The number of aliphatic imine (C=N–C) groups is 1. The minimum atomic E-state index is 0. The first-order chi connectivity index (χ1) is 9.76. The molecule has 0 aromatic carbocycles. The van der Waals surface area contributed by atoms with Crippen molar-refractivity contribution in [1.29, 1.82) is 0 Å². The second-order valence-corrected chi connectivity index (χ2v) is 4.44. The van der Waals surface area contributed by atoms with Crippen LogP contribution >= 0.6 is 24.0 Å². The van der Waals surface area contributed by atoms with E-state index in [0.717, 1.165) is 55.4 Å². The Morgan fingerprint density at radius 3 is 2.62 bits per heavy atom. The van der Waals surface area contributed by atoms with Gasteiger partial charge >= 0.3 is 0 Å². The van der Waals surface area contributed by atoms with Gasteiger partial charge in [0.1, 0.15) is 5.76 Å². The number of nitrogens with zero attached hydrogens (tertiary/aromatic N) is 2. The summed E-state index contributed by atoms with van der Waals surface area (Å²) in [5.41, 5.74) is 2.17. The summed E-state index contributed by atoms with van der Waals surface area (Å²) in [6.07, 6.45) is 2.68. The zero-order valence-electron chi connectivity index (χ0n) is 13.4. The first-order valence-electron chi connectivity index (χ1n) is 7.16. The van der Waals surface area contributed by atoms with Gasteiger partial charge in [0.15, 0.2) is 5.96 Å². The Labute approximate surface area is 144 Å². The van der Waals surface area contributed by atoms with Crippen LogP contribution in [-0.2, 0) is 24.1 Å². The fourth-order valence-electron chi connectivity index (χ4n) is 1.95. The molecule has 0 saturated heterocycles. The van der Waals surface area contributed by atoms with Crippen molar-refractivity contribution in [3.63, 3.8) is 0 Å². The molecular weight excluding hydrogens is 383 g/mol. The highest BCUT2D eigenvalue weighted by molar-refractivity contribution is 14.0. The van der Waals surface area contributed by atoms with E-state index in [1.807, 2.05) is 0 Å². The Morgan fingerprint density at radius 2 is 2.05 bits per heavy atom. The van der Waals surface area contributed by atoms with Crippen LogP contribution in [0.25, 0.3) is 0 Å². The molecule has 0 radical (unpaired) electrons. The molecule has 122 valence electrons. The normalized spacial score (nSPS) is 11.1. The van der Waals surface area contributed by atoms with Crippen LogP contribution in [0.15, 0.2) is 9.52 Å². The number of aryl methyl sites for hydroxylation is 2. The third-order valence-electron chi connectivity index (χ3n) is 3.08. The van der Waals surface area contributed by atoms with Crippen molar-refractivity contribution in [2.45, 2.75) is 39.7 Å². The summed E-state index contributed by atoms with van der Waals surface area (Å²) in [6.45, 7) is 6.41. The molecule has 0 saturated carbocycles. The monoisotopic (exact) mass is 410 g/mol. The van der Waals surface area contributed by atoms with Crippen molar-refractivity contribution >= 4 is 29.9 Å². The van der Waals surface area contributed by atoms with Gasteiger partial charge in [0, 0.05) is 45.8 Å². The predicted molar refractivity (Wildman–Crippen MR) is 95.4 cm³/mol. The van der Waals surface area contributed by atoms with Crippen LogP contribution in [0.3, 0.4) is 0 Å². The molecule has 0 fully saturated rings. The topological polar surface area (TPSA) is 71.7 Å². The van der Waals surface area contributed by atoms with E-state index in [1.54, 1.807) is 14.2 Å². The van der Waals surface area contributed by atoms with Crippen LogP contribution in [0.1, 0.15) is 37.3 Å².